The van der Waals surface area contributed by atoms with Gasteiger partial charge in [-0.3, -0.25) is 4.79 Å². The quantitative estimate of drug-likeness (QED) is 0.518. The Morgan fingerprint density at radius 2 is 1.93 bits per heavy atom. The number of rotatable bonds is 6. The number of fused-ring (bicyclic) bond motifs is 1. The van der Waals surface area contributed by atoms with Crippen LogP contribution in [0.25, 0.3) is 10.8 Å². The Bertz CT molecular complexity index is 980. The molecule has 1 atom stereocenters. The van der Waals surface area contributed by atoms with E-state index in [0.29, 0.717) is 17.1 Å². The van der Waals surface area contributed by atoms with Gasteiger partial charge in [-0.25, -0.2) is 5.43 Å². The fourth-order valence-electron chi connectivity index (χ4n) is 2.56. The molecule has 0 heterocycles. The molecule has 0 saturated carbocycles. The number of phenols is 1. The second-order valence-electron chi connectivity index (χ2n) is 5.90. The molecule has 6 nitrogen and oxygen atoms in total. The van der Waals surface area contributed by atoms with Crippen LogP contribution < -0.4 is 14.9 Å². The van der Waals surface area contributed by atoms with Gasteiger partial charge in [0.1, 0.15) is 17.2 Å². The molecule has 0 unspecified atom stereocenters. The maximum absolute atomic E-state index is 12.2. The van der Waals surface area contributed by atoms with E-state index in [1.807, 2.05) is 42.5 Å². The van der Waals surface area contributed by atoms with Crippen LogP contribution in [-0.2, 0) is 4.79 Å². The number of benzene rings is 3. The van der Waals surface area contributed by atoms with Gasteiger partial charge < -0.3 is 14.6 Å². The number of ether oxygens (including phenoxy) is 2. The lowest BCUT2D eigenvalue weighted by molar-refractivity contribution is -0.127. The fraction of sp³-hybridized carbons (Fsp3) is 0.143. The van der Waals surface area contributed by atoms with Gasteiger partial charge in [-0.1, -0.05) is 36.4 Å². The molecule has 6 heteroatoms. The third kappa shape index (κ3) is 4.36. The molecule has 0 spiro atoms. The SMILES string of the molecule is COc1ccc(O)c(/C=N\NC(=O)[C@H](C)Oc2cccc3ccccc23)c1. The predicted octanol–water partition coefficient (Wildman–Crippen LogP) is 3.47. The molecular weight excluding hydrogens is 344 g/mol. The van der Waals surface area contributed by atoms with Gasteiger partial charge >= 0.3 is 0 Å². The minimum absolute atomic E-state index is 0.0360. The second-order valence-corrected chi connectivity index (χ2v) is 5.90. The van der Waals surface area contributed by atoms with E-state index in [9.17, 15) is 9.90 Å². The Morgan fingerprint density at radius 1 is 1.15 bits per heavy atom. The summed E-state index contributed by atoms with van der Waals surface area (Å²) in [6.07, 6.45) is 0.604. The highest BCUT2D eigenvalue weighted by Crippen LogP contribution is 2.26. The van der Waals surface area contributed by atoms with Gasteiger partial charge in [0.25, 0.3) is 5.91 Å². The highest BCUT2D eigenvalue weighted by Gasteiger charge is 2.15. The van der Waals surface area contributed by atoms with Crippen molar-refractivity contribution < 1.29 is 19.4 Å². The van der Waals surface area contributed by atoms with Gasteiger partial charge in [-0.2, -0.15) is 5.10 Å². The summed E-state index contributed by atoms with van der Waals surface area (Å²) in [5.41, 5.74) is 2.85. The number of hydrogen-bond donors (Lipinski definition) is 2. The van der Waals surface area contributed by atoms with Crippen LogP contribution in [0, 0.1) is 0 Å². The molecule has 0 aliphatic heterocycles. The van der Waals surface area contributed by atoms with Gasteiger partial charge in [0.2, 0.25) is 0 Å². The topological polar surface area (TPSA) is 80.2 Å². The largest absolute Gasteiger partial charge is 0.507 e. The van der Waals surface area contributed by atoms with Gasteiger partial charge in [0.15, 0.2) is 6.10 Å². The minimum Gasteiger partial charge on any atom is -0.507 e. The van der Waals surface area contributed by atoms with Crippen LogP contribution in [0.1, 0.15) is 12.5 Å². The maximum atomic E-state index is 12.2. The van der Waals surface area contributed by atoms with Crippen molar-refractivity contribution >= 4 is 22.9 Å². The summed E-state index contributed by atoms with van der Waals surface area (Å²) in [6, 6.07) is 18.2. The van der Waals surface area contributed by atoms with Crippen LogP contribution in [0.2, 0.25) is 0 Å². The Morgan fingerprint density at radius 3 is 2.74 bits per heavy atom. The summed E-state index contributed by atoms with van der Waals surface area (Å²) in [5, 5.41) is 15.7. The number of nitrogens with zero attached hydrogens (tertiary/aromatic N) is 1. The fourth-order valence-corrected chi connectivity index (χ4v) is 2.56. The van der Waals surface area contributed by atoms with Gasteiger partial charge in [-0.05, 0) is 36.6 Å². The number of amides is 1. The lowest BCUT2D eigenvalue weighted by Crippen LogP contribution is -2.33. The van der Waals surface area contributed by atoms with E-state index in [-0.39, 0.29) is 5.75 Å². The van der Waals surface area contributed by atoms with Crippen molar-refractivity contribution in [2.45, 2.75) is 13.0 Å². The van der Waals surface area contributed by atoms with Crippen molar-refractivity contribution in [3.05, 3.63) is 66.2 Å². The van der Waals surface area contributed by atoms with Gasteiger partial charge in [0.05, 0.1) is 13.3 Å². The first-order valence-electron chi connectivity index (χ1n) is 8.43. The maximum Gasteiger partial charge on any atom is 0.280 e. The molecule has 0 aliphatic rings. The number of carbonyl (C=O) groups excluding carboxylic acids is 1. The van der Waals surface area contributed by atoms with Crippen LogP contribution in [0.4, 0.5) is 0 Å². The number of carbonyl (C=O) groups is 1. The molecule has 0 bridgehead atoms. The number of aromatic hydroxyl groups is 1. The lowest BCUT2D eigenvalue weighted by atomic mass is 10.1. The second kappa shape index (κ2) is 8.23. The third-order valence-corrected chi connectivity index (χ3v) is 4.04. The highest BCUT2D eigenvalue weighted by atomic mass is 16.5. The monoisotopic (exact) mass is 364 g/mol. The molecule has 0 aliphatic carbocycles. The van der Waals surface area contributed by atoms with Crippen molar-refractivity contribution in [2.24, 2.45) is 5.10 Å². The number of hydrogen-bond acceptors (Lipinski definition) is 5. The summed E-state index contributed by atoms with van der Waals surface area (Å²) in [4.78, 5) is 12.2. The minimum atomic E-state index is -0.744. The molecule has 1 amide bonds. The predicted molar refractivity (Wildman–Crippen MR) is 104 cm³/mol. The van der Waals surface area contributed by atoms with Crippen LogP contribution in [-0.4, -0.2) is 30.4 Å². The van der Waals surface area contributed by atoms with Crippen molar-refractivity contribution in [3.63, 3.8) is 0 Å². The Kier molecular flexibility index (Phi) is 5.56. The van der Waals surface area contributed by atoms with Crippen molar-refractivity contribution in [3.8, 4) is 17.2 Å². The highest BCUT2D eigenvalue weighted by molar-refractivity contribution is 5.89. The number of nitrogens with one attached hydrogen (secondary N) is 1. The normalized spacial score (nSPS) is 12.1. The van der Waals surface area contributed by atoms with Crippen molar-refractivity contribution in [1.82, 2.24) is 5.43 Å². The molecule has 0 fully saturated rings. The molecule has 138 valence electrons. The molecule has 0 radical (unpaired) electrons. The van der Waals surface area contributed by atoms with Crippen molar-refractivity contribution in [1.29, 1.82) is 0 Å². The van der Waals surface area contributed by atoms with E-state index in [1.165, 1.54) is 19.4 Å². The third-order valence-electron chi connectivity index (χ3n) is 4.04. The molecule has 3 aromatic rings. The van der Waals surface area contributed by atoms with Crippen molar-refractivity contribution in [2.75, 3.05) is 7.11 Å². The summed E-state index contributed by atoms with van der Waals surface area (Å²) in [6.45, 7) is 1.65. The molecule has 0 aromatic heterocycles. The van der Waals surface area contributed by atoms with Gasteiger partial charge in [-0.15, -0.1) is 0 Å². The first-order valence-corrected chi connectivity index (χ1v) is 8.43. The summed E-state index contributed by atoms with van der Waals surface area (Å²) >= 11 is 0. The number of hydrazone groups is 1. The number of phenolic OH excluding ortho intramolecular Hbond substituents is 1. The molecule has 2 N–H and O–H groups in total. The van der Waals surface area contributed by atoms with Crippen LogP contribution in [0.3, 0.4) is 0 Å². The Labute approximate surface area is 157 Å². The van der Waals surface area contributed by atoms with Crippen LogP contribution in [0.15, 0.2) is 65.8 Å². The number of methoxy groups -OCH3 is 1. The van der Waals surface area contributed by atoms with Crippen LogP contribution >= 0.6 is 0 Å². The van der Waals surface area contributed by atoms with E-state index in [4.69, 9.17) is 9.47 Å². The summed E-state index contributed by atoms with van der Waals surface area (Å²) in [5.74, 6) is 0.842. The first-order chi connectivity index (χ1) is 13.1. The first kappa shape index (κ1) is 18.3. The van der Waals surface area contributed by atoms with E-state index < -0.39 is 12.0 Å². The standard InChI is InChI=1S/C21H20N2O4/c1-14(27-20-9-5-7-15-6-3-4-8-18(15)20)21(25)23-22-13-16-12-17(26-2)10-11-19(16)24/h3-14,24H,1-2H3,(H,23,25)/b22-13-/t14-/m0/s1. The Balaban J connectivity index is 1.66. The molecule has 0 saturated heterocycles. The molecule has 27 heavy (non-hydrogen) atoms. The van der Waals surface area contributed by atoms with Crippen LogP contribution in [0.5, 0.6) is 17.2 Å². The zero-order chi connectivity index (χ0) is 19.2. The molecule has 3 rings (SSSR count). The van der Waals surface area contributed by atoms with E-state index in [2.05, 4.69) is 10.5 Å². The zero-order valence-electron chi connectivity index (χ0n) is 15.0. The molecular formula is C21H20N2O4. The Hall–Kier alpha value is -3.54. The zero-order valence-corrected chi connectivity index (χ0v) is 15.0. The average Bonchev–Trinajstić information content (AvgIpc) is 2.69. The smallest absolute Gasteiger partial charge is 0.280 e. The molecule has 3 aromatic carbocycles. The van der Waals surface area contributed by atoms with E-state index in [1.54, 1.807) is 19.1 Å². The van der Waals surface area contributed by atoms with E-state index >= 15 is 0 Å². The summed E-state index contributed by atoms with van der Waals surface area (Å²) in [7, 11) is 1.53. The average molecular weight is 364 g/mol. The van der Waals surface area contributed by atoms with Gasteiger partial charge in [0, 0.05) is 10.9 Å². The van der Waals surface area contributed by atoms with E-state index in [0.717, 1.165) is 10.8 Å². The summed E-state index contributed by atoms with van der Waals surface area (Å²) < 4.78 is 10.9. The lowest BCUT2D eigenvalue weighted by Gasteiger charge is -2.14.